The zero-order chi connectivity index (χ0) is 16.6. The fourth-order valence-electron chi connectivity index (χ4n) is 2.73. The third-order valence-corrected chi connectivity index (χ3v) is 4.08. The summed E-state index contributed by atoms with van der Waals surface area (Å²) in [6.07, 6.45) is 4.50. The molecule has 1 aliphatic heterocycles. The molecule has 0 saturated carbocycles. The predicted molar refractivity (Wildman–Crippen MR) is 91.2 cm³/mol. The molecule has 1 atom stereocenters. The highest BCUT2D eigenvalue weighted by Gasteiger charge is 2.19. The van der Waals surface area contributed by atoms with E-state index in [0.717, 1.165) is 26.1 Å². The Morgan fingerprint density at radius 2 is 2.05 bits per heavy atom. The van der Waals surface area contributed by atoms with Gasteiger partial charge in [-0.25, -0.2) is 4.79 Å². The molecule has 0 aromatic rings. The van der Waals surface area contributed by atoms with Gasteiger partial charge in [0.2, 0.25) is 0 Å². The molecule has 1 unspecified atom stereocenters. The predicted octanol–water partition coefficient (Wildman–Crippen LogP) is 2.71. The number of carbonyl (C=O) groups excluding carboxylic acids is 1. The Hall–Kier alpha value is -0.810. The van der Waals surface area contributed by atoms with E-state index in [1.54, 1.807) is 11.9 Å². The van der Waals surface area contributed by atoms with Crippen LogP contribution < -0.4 is 5.32 Å². The molecule has 0 aromatic heterocycles. The van der Waals surface area contributed by atoms with Crippen molar-refractivity contribution in [2.75, 3.05) is 39.8 Å². The minimum Gasteiger partial charge on any atom is -0.444 e. The molecule has 0 radical (unpaired) electrons. The van der Waals surface area contributed by atoms with Crippen LogP contribution in [0.5, 0.6) is 0 Å². The van der Waals surface area contributed by atoms with Gasteiger partial charge in [-0.2, -0.15) is 0 Å². The van der Waals surface area contributed by atoms with Gasteiger partial charge in [-0.3, -0.25) is 0 Å². The number of nitrogens with one attached hydrogen (secondary N) is 1. The highest BCUT2D eigenvalue weighted by molar-refractivity contribution is 5.67. The summed E-state index contributed by atoms with van der Waals surface area (Å²) in [5.41, 5.74) is -0.422. The van der Waals surface area contributed by atoms with E-state index < -0.39 is 5.60 Å². The summed E-state index contributed by atoms with van der Waals surface area (Å²) >= 11 is 0. The van der Waals surface area contributed by atoms with E-state index in [1.807, 2.05) is 20.8 Å². The van der Waals surface area contributed by atoms with Gasteiger partial charge in [-0.05, 0) is 72.6 Å². The maximum atomic E-state index is 11.8. The second kappa shape index (κ2) is 9.36. The Morgan fingerprint density at radius 1 is 1.32 bits per heavy atom. The maximum Gasteiger partial charge on any atom is 0.410 e. The number of ether oxygens (including phenoxy) is 1. The summed E-state index contributed by atoms with van der Waals surface area (Å²) in [4.78, 5) is 16.0. The van der Waals surface area contributed by atoms with Crippen LogP contribution >= 0.6 is 0 Å². The molecule has 1 aliphatic rings. The lowest BCUT2D eigenvalue weighted by Crippen LogP contribution is -2.37. The van der Waals surface area contributed by atoms with Gasteiger partial charge < -0.3 is 19.9 Å². The van der Waals surface area contributed by atoms with E-state index in [-0.39, 0.29) is 6.09 Å². The Kier molecular flexibility index (Phi) is 8.18. The molecular weight excluding hydrogens is 278 g/mol. The van der Waals surface area contributed by atoms with Crippen molar-refractivity contribution < 1.29 is 9.53 Å². The van der Waals surface area contributed by atoms with Crippen molar-refractivity contribution in [1.29, 1.82) is 0 Å². The lowest BCUT2D eigenvalue weighted by molar-refractivity contribution is 0.0297. The molecule has 130 valence electrons. The van der Waals surface area contributed by atoms with Gasteiger partial charge in [-0.1, -0.05) is 6.92 Å². The van der Waals surface area contributed by atoms with Crippen LogP contribution in [0, 0.1) is 0 Å². The number of likely N-dealkylation sites (tertiary alicyclic amines) is 1. The summed E-state index contributed by atoms with van der Waals surface area (Å²) in [5.74, 6) is 0. The standard InChI is InChI=1S/C17H35N3O2/c1-6-20-13-7-9-15(10-14-20)18-11-8-12-19(5)16(21)22-17(2,3)4/h15,18H,6-14H2,1-5H3. The summed E-state index contributed by atoms with van der Waals surface area (Å²) in [5, 5.41) is 3.64. The normalized spacial score (nSPS) is 20.5. The Bertz CT molecular complexity index is 328. The van der Waals surface area contributed by atoms with Crippen LogP contribution in [-0.2, 0) is 4.74 Å². The fraction of sp³-hybridized carbons (Fsp3) is 0.941. The van der Waals surface area contributed by atoms with Crippen LogP contribution in [0.2, 0.25) is 0 Å². The van der Waals surface area contributed by atoms with Gasteiger partial charge in [0.05, 0.1) is 0 Å². The molecule has 1 rings (SSSR count). The molecule has 0 bridgehead atoms. The zero-order valence-electron chi connectivity index (χ0n) is 15.2. The van der Waals surface area contributed by atoms with Crippen LogP contribution in [0.3, 0.4) is 0 Å². The van der Waals surface area contributed by atoms with Crippen LogP contribution in [0.25, 0.3) is 0 Å². The molecule has 1 heterocycles. The second-order valence-corrected chi connectivity index (χ2v) is 7.27. The Balaban J connectivity index is 2.15. The number of rotatable bonds is 6. The lowest BCUT2D eigenvalue weighted by Gasteiger charge is -2.25. The maximum absolute atomic E-state index is 11.8. The summed E-state index contributed by atoms with van der Waals surface area (Å²) in [7, 11) is 1.80. The van der Waals surface area contributed by atoms with Gasteiger partial charge in [0.1, 0.15) is 5.60 Å². The molecule has 1 fully saturated rings. The van der Waals surface area contributed by atoms with Gasteiger partial charge in [0.15, 0.2) is 0 Å². The van der Waals surface area contributed by atoms with Crippen molar-refractivity contribution >= 4 is 6.09 Å². The van der Waals surface area contributed by atoms with Crippen LogP contribution in [-0.4, -0.2) is 67.3 Å². The van der Waals surface area contributed by atoms with Gasteiger partial charge in [0, 0.05) is 19.6 Å². The topological polar surface area (TPSA) is 44.8 Å². The molecule has 5 nitrogen and oxygen atoms in total. The van der Waals surface area contributed by atoms with Crippen molar-refractivity contribution in [2.24, 2.45) is 0 Å². The average Bonchev–Trinajstić information content (AvgIpc) is 2.66. The van der Waals surface area contributed by atoms with E-state index >= 15 is 0 Å². The molecule has 22 heavy (non-hydrogen) atoms. The molecule has 1 amide bonds. The van der Waals surface area contributed by atoms with Crippen molar-refractivity contribution in [3.05, 3.63) is 0 Å². The number of nitrogens with zero attached hydrogens (tertiary/aromatic N) is 2. The van der Waals surface area contributed by atoms with Gasteiger partial charge in [0.25, 0.3) is 0 Å². The molecule has 0 spiro atoms. The van der Waals surface area contributed by atoms with E-state index in [1.165, 1.54) is 32.4 Å². The minimum absolute atomic E-state index is 0.236. The highest BCUT2D eigenvalue weighted by Crippen LogP contribution is 2.11. The van der Waals surface area contributed by atoms with Gasteiger partial charge >= 0.3 is 6.09 Å². The molecular formula is C17H35N3O2. The molecule has 0 aliphatic carbocycles. The van der Waals surface area contributed by atoms with E-state index in [0.29, 0.717) is 6.04 Å². The number of hydrogen-bond donors (Lipinski definition) is 1. The molecule has 5 heteroatoms. The third kappa shape index (κ3) is 7.99. The second-order valence-electron chi connectivity index (χ2n) is 7.27. The zero-order valence-corrected chi connectivity index (χ0v) is 15.2. The summed E-state index contributed by atoms with van der Waals surface area (Å²) in [6.45, 7) is 13.2. The first-order valence-corrected chi connectivity index (χ1v) is 8.71. The summed E-state index contributed by atoms with van der Waals surface area (Å²) in [6, 6.07) is 0.628. The number of amides is 1. The molecule has 1 N–H and O–H groups in total. The highest BCUT2D eigenvalue weighted by atomic mass is 16.6. The summed E-state index contributed by atoms with van der Waals surface area (Å²) < 4.78 is 5.35. The SMILES string of the molecule is CCN1CCCC(NCCCN(C)C(=O)OC(C)(C)C)CC1. The first kappa shape index (κ1) is 19.2. The number of carbonyl (C=O) groups is 1. The third-order valence-electron chi connectivity index (χ3n) is 4.08. The first-order chi connectivity index (χ1) is 10.3. The smallest absolute Gasteiger partial charge is 0.410 e. The van der Waals surface area contributed by atoms with Gasteiger partial charge in [-0.15, -0.1) is 0 Å². The lowest BCUT2D eigenvalue weighted by atomic mass is 10.1. The van der Waals surface area contributed by atoms with Crippen molar-refractivity contribution in [3.8, 4) is 0 Å². The molecule has 0 aromatic carbocycles. The van der Waals surface area contributed by atoms with Crippen molar-refractivity contribution in [2.45, 2.75) is 65.0 Å². The van der Waals surface area contributed by atoms with Crippen LogP contribution in [0.15, 0.2) is 0 Å². The van der Waals surface area contributed by atoms with E-state index in [9.17, 15) is 4.79 Å². The number of hydrogen-bond acceptors (Lipinski definition) is 4. The van der Waals surface area contributed by atoms with Crippen molar-refractivity contribution in [3.63, 3.8) is 0 Å². The first-order valence-electron chi connectivity index (χ1n) is 8.71. The van der Waals surface area contributed by atoms with Crippen molar-refractivity contribution in [1.82, 2.24) is 15.1 Å². The largest absolute Gasteiger partial charge is 0.444 e. The monoisotopic (exact) mass is 313 g/mol. The minimum atomic E-state index is -0.422. The van der Waals surface area contributed by atoms with E-state index in [4.69, 9.17) is 4.74 Å². The van der Waals surface area contributed by atoms with Crippen LogP contribution in [0.1, 0.15) is 53.4 Å². The van der Waals surface area contributed by atoms with E-state index in [2.05, 4.69) is 17.1 Å². The molecule has 1 saturated heterocycles. The Morgan fingerprint density at radius 3 is 2.68 bits per heavy atom. The quantitative estimate of drug-likeness (QED) is 0.766. The fourth-order valence-corrected chi connectivity index (χ4v) is 2.73. The Labute approximate surface area is 136 Å². The average molecular weight is 313 g/mol. The van der Waals surface area contributed by atoms with Crippen LogP contribution in [0.4, 0.5) is 4.79 Å².